The van der Waals surface area contributed by atoms with E-state index in [2.05, 4.69) is 25.7 Å². The van der Waals surface area contributed by atoms with Gasteiger partial charge in [0.15, 0.2) is 0 Å². The van der Waals surface area contributed by atoms with Gasteiger partial charge in [-0.15, -0.1) is 0 Å². The van der Waals surface area contributed by atoms with E-state index in [1.165, 1.54) is 12.5 Å². The molecule has 3 atom stereocenters. The highest BCUT2D eigenvalue weighted by molar-refractivity contribution is 5.79. The smallest absolute Gasteiger partial charge is 0.329 e. The maximum Gasteiger partial charge on any atom is 0.329 e. The minimum atomic E-state index is -0.872. The van der Waals surface area contributed by atoms with Gasteiger partial charge >= 0.3 is 5.97 Å². The van der Waals surface area contributed by atoms with Gasteiger partial charge in [0.25, 0.3) is 0 Å². The van der Waals surface area contributed by atoms with Crippen LogP contribution in [0.4, 0.5) is 0 Å². The molecule has 3 unspecified atom stereocenters. The van der Waals surface area contributed by atoms with Gasteiger partial charge in [-0.2, -0.15) is 0 Å². The number of hydrogen-bond acceptors (Lipinski definition) is 2. The molecular weight excluding hydrogens is 178 g/mol. The molecule has 1 heterocycles. The fourth-order valence-electron chi connectivity index (χ4n) is 2.12. The zero-order valence-corrected chi connectivity index (χ0v) is 9.10. The average molecular weight is 197 g/mol. The number of carbonyl (C=O) groups is 1. The fourth-order valence-corrected chi connectivity index (χ4v) is 2.12. The van der Waals surface area contributed by atoms with Crippen molar-refractivity contribution >= 4 is 5.97 Å². The summed E-state index contributed by atoms with van der Waals surface area (Å²) in [6, 6.07) is 0.446. The second-order valence-electron chi connectivity index (χ2n) is 4.41. The molecular formula is C11H19NO2. The summed E-state index contributed by atoms with van der Waals surface area (Å²) in [5.74, 6) is 0.417. The Hall–Kier alpha value is -0.990. The highest BCUT2D eigenvalue weighted by atomic mass is 16.4. The summed E-state index contributed by atoms with van der Waals surface area (Å²) in [6.07, 6.45) is 4.17. The van der Waals surface area contributed by atoms with Crippen LogP contribution in [-0.2, 0) is 4.79 Å². The summed E-state index contributed by atoms with van der Waals surface area (Å²) in [4.78, 5) is 12.5. The largest absolute Gasteiger partial charge is 0.478 e. The predicted octanol–water partition coefficient (Wildman–Crippen LogP) is 1.95. The predicted molar refractivity (Wildman–Crippen MR) is 55.9 cm³/mol. The Morgan fingerprint density at radius 3 is 2.64 bits per heavy atom. The van der Waals surface area contributed by atoms with Gasteiger partial charge < -0.3 is 10.0 Å². The van der Waals surface area contributed by atoms with Crippen molar-refractivity contribution in [2.75, 3.05) is 6.54 Å². The lowest BCUT2D eigenvalue weighted by atomic mass is 9.86. The molecule has 0 aliphatic carbocycles. The number of nitrogens with zero attached hydrogens (tertiary/aromatic N) is 1. The second-order valence-corrected chi connectivity index (χ2v) is 4.41. The van der Waals surface area contributed by atoms with Crippen LogP contribution in [0.25, 0.3) is 0 Å². The molecule has 0 aromatic carbocycles. The Balaban J connectivity index is 2.62. The van der Waals surface area contributed by atoms with Crippen molar-refractivity contribution in [1.82, 2.24) is 4.90 Å². The second kappa shape index (κ2) is 4.49. The van der Waals surface area contributed by atoms with E-state index in [4.69, 9.17) is 5.11 Å². The summed E-state index contributed by atoms with van der Waals surface area (Å²) < 4.78 is 0. The van der Waals surface area contributed by atoms with Crippen LogP contribution >= 0.6 is 0 Å². The van der Waals surface area contributed by atoms with Crippen molar-refractivity contribution in [2.45, 2.75) is 33.2 Å². The lowest BCUT2D eigenvalue weighted by Crippen LogP contribution is -2.42. The first kappa shape index (κ1) is 11.1. The van der Waals surface area contributed by atoms with Crippen LogP contribution in [0, 0.1) is 11.8 Å². The number of rotatable bonds is 2. The molecule has 80 valence electrons. The normalized spacial score (nSPS) is 33.6. The van der Waals surface area contributed by atoms with Crippen LogP contribution in [0.5, 0.6) is 0 Å². The van der Waals surface area contributed by atoms with Crippen molar-refractivity contribution in [3.05, 3.63) is 12.3 Å². The van der Waals surface area contributed by atoms with Crippen LogP contribution in [0.15, 0.2) is 12.3 Å². The van der Waals surface area contributed by atoms with Gasteiger partial charge in [0.2, 0.25) is 0 Å². The number of carboxylic acids is 1. The van der Waals surface area contributed by atoms with Gasteiger partial charge in [-0.25, -0.2) is 4.79 Å². The number of piperidine rings is 1. The SMILES string of the molecule is CC1CC(C)C(C)N(/C=C/C(=O)O)C1. The van der Waals surface area contributed by atoms with Crippen molar-refractivity contribution in [2.24, 2.45) is 11.8 Å². The first-order chi connectivity index (χ1) is 6.50. The lowest BCUT2D eigenvalue weighted by Gasteiger charge is -2.40. The Morgan fingerprint density at radius 2 is 2.07 bits per heavy atom. The molecule has 0 radical (unpaired) electrons. The molecule has 14 heavy (non-hydrogen) atoms. The van der Waals surface area contributed by atoms with E-state index in [0.717, 1.165) is 6.54 Å². The quantitative estimate of drug-likeness (QED) is 0.688. The van der Waals surface area contributed by atoms with Crippen LogP contribution in [0.2, 0.25) is 0 Å². The van der Waals surface area contributed by atoms with Gasteiger partial charge in [-0.1, -0.05) is 13.8 Å². The molecule has 0 amide bonds. The number of carboxylic acid groups (broad SMARTS) is 1. The van der Waals surface area contributed by atoms with Gasteiger partial charge in [-0.3, -0.25) is 0 Å². The highest BCUT2D eigenvalue weighted by Crippen LogP contribution is 2.26. The van der Waals surface area contributed by atoms with Crippen LogP contribution in [-0.4, -0.2) is 28.6 Å². The van der Waals surface area contributed by atoms with Crippen LogP contribution in [0.1, 0.15) is 27.2 Å². The van der Waals surface area contributed by atoms with Crippen molar-refractivity contribution < 1.29 is 9.90 Å². The average Bonchev–Trinajstić information content (AvgIpc) is 2.08. The zero-order chi connectivity index (χ0) is 10.7. The summed E-state index contributed by atoms with van der Waals surface area (Å²) >= 11 is 0. The van der Waals surface area contributed by atoms with Gasteiger partial charge in [0, 0.05) is 24.9 Å². The summed E-state index contributed by atoms with van der Waals surface area (Å²) in [6.45, 7) is 7.56. The van der Waals surface area contributed by atoms with E-state index in [-0.39, 0.29) is 0 Å². The lowest BCUT2D eigenvalue weighted by molar-refractivity contribution is -0.131. The Morgan fingerprint density at radius 1 is 1.43 bits per heavy atom. The van der Waals surface area contributed by atoms with Crippen LogP contribution < -0.4 is 0 Å². The molecule has 1 aliphatic rings. The third-order valence-corrected chi connectivity index (χ3v) is 3.05. The van der Waals surface area contributed by atoms with E-state index in [9.17, 15) is 4.79 Å². The maximum atomic E-state index is 10.4. The Labute approximate surface area is 85.4 Å². The highest BCUT2D eigenvalue weighted by Gasteiger charge is 2.26. The molecule has 1 saturated heterocycles. The van der Waals surface area contributed by atoms with Gasteiger partial charge in [0.1, 0.15) is 0 Å². The Bertz CT molecular complexity index is 237. The molecule has 0 saturated carbocycles. The Kier molecular flexibility index (Phi) is 3.55. The molecule has 1 fully saturated rings. The minimum absolute atomic E-state index is 0.446. The number of aliphatic carboxylic acids is 1. The van der Waals surface area contributed by atoms with Gasteiger partial charge in [-0.05, 0) is 25.2 Å². The molecule has 3 heteroatoms. The van der Waals surface area contributed by atoms with E-state index >= 15 is 0 Å². The topological polar surface area (TPSA) is 40.5 Å². The zero-order valence-electron chi connectivity index (χ0n) is 9.10. The first-order valence-electron chi connectivity index (χ1n) is 5.17. The van der Waals surface area contributed by atoms with Crippen molar-refractivity contribution in [3.8, 4) is 0 Å². The number of hydrogen-bond donors (Lipinski definition) is 1. The van der Waals surface area contributed by atoms with E-state index < -0.39 is 5.97 Å². The standard InChI is InChI=1S/C11H19NO2/c1-8-6-9(2)10(3)12(7-8)5-4-11(13)14/h4-5,8-10H,6-7H2,1-3H3,(H,13,14)/b5-4+. The van der Waals surface area contributed by atoms with Gasteiger partial charge in [0.05, 0.1) is 0 Å². The molecule has 0 spiro atoms. The van der Waals surface area contributed by atoms with Crippen LogP contribution in [0.3, 0.4) is 0 Å². The monoisotopic (exact) mass is 197 g/mol. The summed E-state index contributed by atoms with van der Waals surface area (Å²) in [5.41, 5.74) is 0. The minimum Gasteiger partial charge on any atom is -0.478 e. The van der Waals surface area contributed by atoms with E-state index in [1.54, 1.807) is 6.20 Å². The molecule has 1 aliphatic heterocycles. The third kappa shape index (κ3) is 2.76. The first-order valence-corrected chi connectivity index (χ1v) is 5.17. The maximum absolute atomic E-state index is 10.4. The fraction of sp³-hybridized carbons (Fsp3) is 0.727. The molecule has 1 rings (SSSR count). The van der Waals surface area contributed by atoms with Crippen molar-refractivity contribution in [1.29, 1.82) is 0 Å². The molecule has 3 nitrogen and oxygen atoms in total. The summed E-state index contributed by atoms with van der Waals surface area (Å²) in [7, 11) is 0. The molecule has 0 bridgehead atoms. The third-order valence-electron chi connectivity index (χ3n) is 3.05. The molecule has 0 aromatic heterocycles. The molecule has 0 aromatic rings. The summed E-state index contributed by atoms with van der Waals surface area (Å²) in [5, 5.41) is 8.55. The van der Waals surface area contributed by atoms with Crippen molar-refractivity contribution in [3.63, 3.8) is 0 Å². The van der Waals surface area contributed by atoms with E-state index in [1.807, 2.05) is 0 Å². The molecule has 1 N–H and O–H groups in total. The van der Waals surface area contributed by atoms with E-state index in [0.29, 0.717) is 17.9 Å². The number of likely N-dealkylation sites (tertiary alicyclic amines) is 1.